The molecule has 0 saturated heterocycles. The zero-order valence-electron chi connectivity index (χ0n) is 15.4. The van der Waals surface area contributed by atoms with Gasteiger partial charge < -0.3 is 14.4 Å². The number of nitrogens with zero attached hydrogens (tertiary/aromatic N) is 1. The zero-order valence-corrected chi connectivity index (χ0v) is 16.3. The number of ether oxygens (including phenoxy) is 2. The summed E-state index contributed by atoms with van der Waals surface area (Å²) in [6.45, 7) is 6.47. The lowest BCUT2D eigenvalue weighted by atomic mass is 10.3. The Labute approximate surface area is 155 Å². The largest absolute Gasteiger partial charge is 0.494 e. The van der Waals surface area contributed by atoms with Crippen LogP contribution in [0.4, 0.5) is 0 Å². The highest BCUT2D eigenvalue weighted by Crippen LogP contribution is 2.25. The topological polar surface area (TPSA) is 67.9 Å². The smallest absolute Gasteiger partial charge is 0.240 e. The van der Waals surface area contributed by atoms with E-state index in [0.717, 1.165) is 12.3 Å². The average Bonchev–Trinajstić information content (AvgIpc) is 2.64. The minimum absolute atomic E-state index is 0.218. The zero-order chi connectivity index (χ0) is 19.0. The molecule has 0 aliphatic rings. The van der Waals surface area contributed by atoms with Crippen LogP contribution in [-0.4, -0.2) is 46.6 Å². The fourth-order valence-electron chi connectivity index (χ4n) is 2.21. The summed E-state index contributed by atoms with van der Waals surface area (Å²) in [5.41, 5.74) is 0. The van der Waals surface area contributed by atoms with Gasteiger partial charge >= 0.3 is 0 Å². The molecule has 0 aromatic heterocycles. The molecule has 0 aliphatic carbocycles. The van der Waals surface area contributed by atoms with Gasteiger partial charge in [0.05, 0.1) is 11.5 Å². The monoisotopic (exact) mass is 378 g/mol. The van der Waals surface area contributed by atoms with E-state index in [1.54, 1.807) is 24.3 Å². The molecule has 2 aromatic carbocycles. The van der Waals surface area contributed by atoms with Crippen molar-refractivity contribution in [1.82, 2.24) is 9.62 Å². The lowest BCUT2D eigenvalue weighted by molar-refractivity contribution is 0.339. The predicted octanol–water partition coefficient (Wildman–Crippen LogP) is 3.11. The predicted molar refractivity (Wildman–Crippen MR) is 102 cm³/mol. The molecule has 0 radical (unpaired) electrons. The van der Waals surface area contributed by atoms with Crippen molar-refractivity contribution in [3.05, 3.63) is 48.5 Å². The standard InChI is InChI=1S/C19H26N2O4S/c1-4-21(3)15-14-20-26(22,23)19-12-10-18(11-13-19)25-17-8-6-16(7-9-17)24-5-2/h6-13,20H,4-5,14-15H2,1-3H3. The Morgan fingerprint density at radius 2 is 1.46 bits per heavy atom. The Morgan fingerprint density at radius 3 is 2.00 bits per heavy atom. The first kappa shape index (κ1) is 20.2. The summed E-state index contributed by atoms with van der Waals surface area (Å²) in [6.07, 6.45) is 0. The summed E-state index contributed by atoms with van der Waals surface area (Å²) in [5, 5.41) is 0. The van der Waals surface area contributed by atoms with Crippen LogP contribution in [-0.2, 0) is 10.0 Å². The quantitative estimate of drug-likeness (QED) is 0.688. The second-order valence-corrected chi connectivity index (χ2v) is 7.54. The summed E-state index contributed by atoms with van der Waals surface area (Å²) in [7, 11) is -1.57. The number of likely N-dealkylation sites (N-methyl/N-ethyl adjacent to an activating group) is 1. The maximum Gasteiger partial charge on any atom is 0.240 e. The molecular formula is C19H26N2O4S. The number of sulfonamides is 1. The summed E-state index contributed by atoms with van der Waals surface area (Å²) in [5.74, 6) is 2.00. The first-order valence-electron chi connectivity index (χ1n) is 8.63. The highest BCUT2D eigenvalue weighted by Gasteiger charge is 2.13. The molecule has 0 amide bonds. The molecule has 6 nitrogen and oxygen atoms in total. The fraction of sp³-hybridized carbons (Fsp3) is 0.368. The van der Waals surface area contributed by atoms with Gasteiger partial charge in [-0.3, -0.25) is 0 Å². The van der Waals surface area contributed by atoms with Crippen molar-refractivity contribution in [2.45, 2.75) is 18.7 Å². The highest BCUT2D eigenvalue weighted by atomic mass is 32.2. The molecule has 0 heterocycles. The minimum atomic E-state index is -3.51. The van der Waals surface area contributed by atoms with E-state index >= 15 is 0 Å². The van der Waals surface area contributed by atoms with Crippen molar-refractivity contribution >= 4 is 10.0 Å². The van der Waals surface area contributed by atoms with Crippen LogP contribution in [0.3, 0.4) is 0 Å². The van der Waals surface area contributed by atoms with Crippen molar-refractivity contribution in [1.29, 1.82) is 0 Å². The van der Waals surface area contributed by atoms with Gasteiger partial charge in [-0.05, 0) is 69.0 Å². The van der Waals surface area contributed by atoms with Gasteiger partial charge in [0.15, 0.2) is 0 Å². The normalized spacial score (nSPS) is 11.5. The summed E-state index contributed by atoms with van der Waals surface area (Å²) < 4.78 is 38.3. The Morgan fingerprint density at radius 1 is 0.923 bits per heavy atom. The average molecular weight is 378 g/mol. The SMILES string of the molecule is CCOc1ccc(Oc2ccc(S(=O)(=O)NCCN(C)CC)cc2)cc1. The summed E-state index contributed by atoms with van der Waals surface area (Å²) in [6, 6.07) is 13.6. The van der Waals surface area contributed by atoms with Crippen molar-refractivity contribution < 1.29 is 17.9 Å². The molecule has 142 valence electrons. The Kier molecular flexibility index (Phi) is 7.44. The molecule has 0 aliphatic heterocycles. The molecule has 1 N–H and O–H groups in total. The second-order valence-electron chi connectivity index (χ2n) is 5.77. The van der Waals surface area contributed by atoms with E-state index in [1.807, 2.05) is 37.9 Å². The van der Waals surface area contributed by atoms with Crippen LogP contribution < -0.4 is 14.2 Å². The molecule has 2 rings (SSSR count). The minimum Gasteiger partial charge on any atom is -0.494 e. The van der Waals surface area contributed by atoms with Crippen LogP contribution in [0, 0.1) is 0 Å². The van der Waals surface area contributed by atoms with Crippen LogP contribution in [0.25, 0.3) is 0 Å². The molecule has 0 unspecified atom stereocenters. The molecule has 7 heteroatoms. The lowest BCUT2D eigenvalue weighted by Crippen LogP contribution is -2.32. The molecular weight excluding hydrogens is 352 g/mol. The second kappa shape index (κ2) is 9.56. The van der Waals surface area contributed by atoms with E-state index in [-0.39, 0.29) is 4.90 Å². The van der Waals surface area contributed by atoms with E-state index in [2.05, 4.69) is 4.72 Å². The number of hydrogen-bond donors (Lipinski definition) is 1. The highest BCUT2D eigenvalue weighted by molar-refractivity contribution is 7.89. The maximum absolute atomic E-state index is 12.3. The van der Waals surface area contributed by atoms with Gasteiger partial charge in [-0.1, -0.05) is 6.92 Å². The van der Waals surface area contributed by atoms with Gasteiger partial charge in [-0.2, -0.15) is 0 Å². The van der Waals surface area contributed by atoms with Crippen LogP contribution in [0.5, 0.6) is 17.2 Å². The third-order valence-corrected chi connectivity index (χ3v) is 5.31. The van der Waals surface area contributed by atoms with Crippen molar-refractivity contribution in [2.24, 2.45) is 0 Å². The van der Waals surface area contributed by atoms with E-state index < -0.39 is 10.0 Å². The third-order valence-electron chi connectivity index (χ3n) is 3.83. The van der Waals surface area contributed by atoms with Gasteiger partial charge in [0, 0.05) is 13.1 Å². The van der Waals surface area contributed by atoms with E-state index in [1.165, 1.54) is 12.1 Å². The number of hydrogen-bond acceptors (Lipinski definition) is 5. The molecule has 0 atom stereocenters. The lowest BCUT2D eigenvalue weighted by Gasteiger charge is -2.14. The van der Waals surface area contributed by atoms with Gasteiger partial charge in [0.2, 0.25) is 10.0 Å². The van der Waals surface area contributed by atoms with Crippen LogP contribution in [0.1, 0.15) is 13.8 Å². The molecule has 0 saturated carbocycles. The van der Waals surface area contributed by atoms with Crippen LogP contribution in [0.2, 0.25) is 0 Å². The molecule has 2 aromatic rings. The van der Waals surface area contributed by atoms with E-state index in [9.17, 15) is 8.42 Å². The number of nitrogens with one attached hydrogen (secondary N) is 1. The van der Waals surface area contributed by atoms with E-state index in [4.69, 9.17) is 9.47 Å². The summed E-state index contributed by atoms with van der Waals surface area (Å²) in [4.78, 5) is 2.26. The molecule has 0 bridgehead atoms. The van der Waals surface area contributed by atoms with Crippen molar-refractivity contribution in [3.63, 3.8) is 0 Å². The Bertz CT molecular complexity index is 774. The number of rotatable bonds is 10. The molecule has 0 fully saturated rings. The van der Waals surface area contributed by atoms with Gasteiger partial charge in [-0.15, -0.1) is 0 Å². The van der Waals surface area contributed by atoms with Gasteiger partial charge in [0.1, 0.15) is 17.2 Å². The Balaban J connectivity index is 1.96. The van der Waals surface area contributed by atoms with Crippen molar-refractivity contribution in [3.8, 4) is 17.2 Å². The van der Waals surface area contributed by atoms with Crippen molar-refractivity contribution in [2.75, 3.05) is 33.3 Å². The third kappa shape index (κ3) is 6.01. The van der Waals surface area contributed by atoms with E-state index in [0.29, 0.717) is 31.2 Å². The van der Waals surface area contributed by atoms with Crippen LogP contribution in [0.15, 0.2) is 53.4 Å². The first-order valence-corrected chi connectivity index (χ1v) is 10.1. The van der Waals surface area contributed by atoms with Gasteiger partial charge in [0.25, 0.3) is 0 Å². The van der Waals surface area contributed by atoms with Gasteiger partial charge in [-0.25, -0.2) is 13.1 Å². The number of benzene rings is 2. The summed E-state index contributed by atoms with van der Waals surface area (Å²) >= 11 is 0. The first-order chi connectivity index (χ1) is 12.4. The Hall–Kier alpha value is -2.09. The molecule has 26 heavy (non-hydrogen) atoms. The molecule has 0 spiro atoms. The maximum atomic E-state index is 12.3. The van der Waals surface area contributed by atoms with Crippen LogP contribution >= 0.6 is 0 Å². The fourth-order valence-corrected chi connectivity index (χ4v) is 3.23.